The molecule has 112 valence electrons. The molecular formula is C14H19F3N2O. The second kappa shape index (κ2) is 6.63. The van der Waals surface area contributed by atoms with Crippen LogP contribution in [0.4, 0.5) is 18.9 Å². The zero-order chi connectivity index (χ0) is 15.3. The minimum atomic E-state index is -4.28. The van der Waals surface area contributed by atoms with Crippen LogP contribution >= 0.6 is 0 Å². The van der Waals surface area contributed by atoms with Crippen LogP contribution in [0.5, 0.6) is 0 Å². The van der Waals surface area contributed by atoms with E-state index in [1.807, 2.05) is 6.92 Å². The summed E-state index contributed by atoms with van der Waals surface area (Å²) in [5.41, 5.74) is 1.99. The van der Waals surface area contributed by atoms with E-state index < -0.39 is 24.5 Å². The van der Waals surface area contributed by atoms with Crippen LogP contribution in [0, 0.1) is 6.92 Å². The van der Waals surface area contributed by atoms with Gasteiger partial charge in [-0.3, -0.25) is 4.79 Å². The smallest absolute Gasteiger partial charge is 0.385 e. The summed E-state index contributed by atoms with van der Waals surface area (Å²) >= 11 is 0. The van der Waals surface area contributed by atoms with E-state index in [0.29, 0.717) is 5.56 Å². The maximum atomic E-state index is 12.2. The molecule has 1 aromatic rings. The molecule has 1 amide bonds. The third kappa shape index (κ3) is 5.11. The molecule has 0 aliphatic carbocycles. The van der Waals surface area contributed by atoms with Crippen molar-refractivity contribution in [3.8, 4) is 0 Å². The van der Waals surface area contributed by atoms with Crippen molar-refractivity contribution in [2.75, 3.05) is 11.9 Å². The number of amides is 1. The van der Waals surface area contributed by atoms with Gasteiger partial charge in [0.15, 0.2) is 0 Å². The molecule has 20 heavy (non-hydrogen) atoms. The first kappa shape index (κ1) is 16.3. The zero-order valence-corrected chi connectivity index (χ0v) is 11.8. The maximum absolute atomic E-state index is 12.2. The Morgan fingerprint density at radius 2 is 2.00 bits per heavy atom. The van der Waals surface area contributed by atoms with Crippen LogP contribution in [0.3, 0.4) is 0 Å². The van der Waals surface area contributed by atoms with Gasteiger partial charge in [0.2, 0.25) is 0 Å². The van der Waals surface area contributed by atoms with Crippen molar-refractivity contribution in [2.45, 2.75) is 39.4 Å². The maximum Gasteiger partial charge on any atom is 0.391 e. The standard InChI is InChI=1S/C14H19F3N2O/c1-4-18-11-5-6-12(9(2)7-11)13(20)19-10(3)8-14(15,16)17/h5-7,10,18H,4,8H2,1-3H3,(H,19,20). The molecular weight excluding hydrogens is 269 g/mol. The molecule has 6 heteroatoms. The fourth-order valence-electron chi connectivity index (χ4n) is 1.93. The second-order valence-electron chi connectivity index (χ2n) is 4.75. The number of hydrogen-bond donors (Lipinski definition) is 2. The number of aryl methyl sites for hydroxylation is 1. The molecule has 1 rings (SSSR count). The molecule has 3 nitrogen and oxygen atoms in total. The van der Waals surface area contributed by atoms with Crippen molar-refractivity contribution in [3.05, 3.63) is 29.3 Å². The molecule has 1 unspecified atom stereocenters. The van der Waals surface area contributed by atoms with Crippen molar-refractivity contribution in [1.82, 2.24) is 5.32 Å². The predicted octanol–water partition coefficient (Wildman–Crippen LogP) is 3.50. The number of alkyl halides is 3. The molecule has 0 aliphatic heterocycles. The third-order valence-electron chi connectivity index (χ3n) is 2.77. The first-order chi connectivity index (χ1) is 9.23. The van der Waals surface area contributed by atoms with Gasteiger partial charge in [-0.05, 0) is 44.5 Å². The minimum Gasteiger partial charge on any atom is -0.385 e. The van der Waals surface area contributed by atoms with Crippen molar-refractivity contribution in [1.29, 1.82) is 0 Å². The van der Waals surface area contributed by atoms with Crippen LogP contribution in [-0.4, -0.2) is 24.7 Å². The van der Waals surface area contributed by atoms with Gasteiger partial charge in [-0.25, -0.2) is 0 Å². The summed E-state index contributed by atoms with van der Waals surface area (Å²) in [6, 6.07) is 4.20. The Morgan fingerprint density at radius 3 is 2.50 bits per heavy atom. The van der Waals surface area contributed by atoms with E-state index >= 15 is 0 Å². The average Bonchev–Trinajstić information content (AvgIpc) is 2.26. The van der Waals surface area contributed by atoms with Gasteiger partial charge < -0.3 is 10.6 Å². The Morgan fingerprint density at radius 1 is 1.35 bits per heavy atom. The van der Waals surface area contributed by atoms with Crippen molar-refractivity contribution in [3.63, 3.8) is 0 Å². The Labute approximate surface area is 116 Å². The van der Waals surface area contributed by atoms with Crippen molar-refractivity contribution in [2.24, 2.45) is 0 Å². The van der Waals surface area contributed by atoms with Crippen LogP contribution in [0.15, 0.2) is 18.2 Å². The molecule has 1 atom stereocenters. The van der Waals surface area contributed by atoms with Crippen LogP contribution in [0.2, 0.25) is 0 Å². The number of hydrogen-bond acceptors (Lipinski definition) is 2. The highest BCUT2D eigenvalue weighted by Gasteiger charge is 2.30. The Hall–Kier alpha value is -1.72. The summed E-state index contributed by atoms with van der Waals surface area (Å²) in [4.78, 5) is 11.9. The highest BCUT2D eigenvalue weighted by molar-refractivity contribution is 5.96. The quantitative estimate of drug-likeness (QED) is 0.870. The van der Waals surface area contributed by atoms with Gasteiger partial charge in [-0.15, -0.1) is 0 Å². The van der Waals surface area contributed by atoms with E-state index in [9.17, 15) is 18.0 Å². The van der Waals surface area contributed by atoms with Crippen LogP contribution in [0.25, 0.3) is 0 Å². The summed E-state index contributed by atoms with van der Waals surface area (Å²) in [5, 5.41) is 5.47. The number of rotatable bonds is 5. The van der Waals surface area contributed by atoms with E-state index in [2.05, 4.69) is 10.6 Å². The molecule has 0 saturated heterocycles. The third-order valence-corrected chi connectivity index (χ3v) is 2.77. The summed E-state index contributed by atoms with van der Waals surface area (Å²) in [5.74, 6) is -0.484. The normalized spacial score (nSPS) is 12.9. The van der Waals surface area contributed by atoms with Crippen molar-refractivity contribution >= 4 is 11.6 Å². The Bertz CT molecular complexity index is 472. The molecule has 0 saturated carbocycles. The first-order valence-electron chi connectivity index (χ1n) is 6.45. The monoisotopic (exact) mass is 288 g/mol. The molecule has 0 fully saturated rings. The fourth-order valence-corrected chi connectivity index (χ4v) is 1.93. The van der Waals surface area contributed by atoms with Gasteiger partial charge in [0.1, 0.15) is 0 Å². The van der Waals surface area contributed by atoms with Gasteiger partial charge in [-0.1, -0.05) is 0 Å². The number of halogens is 3. The van der Waals surface area contributed by atoms with Gasteiger partial charge in [0, 0.05) is 23.8 Å². The van der Waals surface area contributed by atoms with E-state index in [0.717, 1.165) is 17.8 Å². The topological polar surface area (TPSA) is 41.1 Å². The summed E-state index contributed by atoms with van der Waals surface area (Å²) in [6.45, 7) is 5.81. The second-order valence-corrected chi connectivity index (χ2v) is 4.75. The van der Waals surface area contributed by atoms with Gasteiger partial charge in [0.25, 0.3) is 5.91 Å². The van der Waals surface area contributed by atoms with Crippen LogP contribution < -0.4 is 10.6 Å². The van der Waals surface area contributed by atoms with E-state index in [1.54, 1.807) is 25.1 Å². The average molecular weight is 288 g/mol. The lowest BCUT2D eigenvalue weighted by Crippen LogP contribution is -2.36. The molecule has 0 aromatic heterocycles. The van der Waals surface area contributed by atoms with Gasteiger partial charge >= 0.3 is 6.18 Å². The molecule has 0 heterocycles. The van der Waals surface area contributed by atoms with E-state index in [4.69, 9.17) is 0 Å². The molecule has 2 N–H and O–H groups in total. The van der Waals surface area contributed by atoms with Crippen molar-refractivity contribution < 1.29 is 18.0 Å². The lowest BCUT2D eigenvalue weighted by atomic mass is 10.1. The number of carbonyl (C=O) groups is 1. The molecule has 0 aliphatic rings. The lowest BCUT2D eigenvalue weighted by molar-refractivity contribution is -0.138. The fraction of sp³-hybridized carbons (Fsp3) is 0.500. The SMILES string of the molecule is CCNc1ccc(C(=O)NC(C)CC(F)(F)F)c(C)c1. The number of benzene rings is 1. The number of anilines is 1. The van der Waals surface area contributed by atoms with Gasteiger partial charge in [-0.2, -0.15) is 13.2 Å². The summed E-state index contributed by atoms with van der Waals surface area (Å²) < 4.78 is 36.6. The first-order valence-corrected chi connectivity index (χ1v) is 6.45. The molecule has 0 bridgehead atoms. The van der Waals surface area contributed by atoms with Gasteiger partial charge in [0.05, 0.1) is 6.42 Å². The summed E-state index contributed by atoms with van der Waals surface area (Å²) in [7, 11) is 0. The highest BCUT2D eigenvalue weighted by atomic mass is 19.4. The van der Waals surface area contributed by atoms with Crippen LogP contribution in [-0.2, 0) is 0 Å². The predicted molar refractivity (Wildman–Crippen MR) is 72.9 cm³/mol. The molecule has 0 spiro atoms. The molecule has 0 radical (unpaired) electrons. The Balaban J connectivity index is 2.73. The Kier molecular flexibility index (Phi) is 5.42. The minimum absolute atomic E-state index is 0.390. The molecule has 1 aromatic carbocycles. The lowest BCUT2D eigenvalue weighted by Gasteiger charge is -2.17. The zero-order valence-electron chi connectivity index (χ0n) is 11.8. The summed E-state index contributed by atoms with van der Waals surface area (Å²) in [6.07, 6.45) is -5.32. The van der Waals surface area contributed by atoms with E-state index in [-0.39, 0.29) is 0 Å². The van der Waals surface area contributed by atoms with Crippen LogP contribution in [0.1, 0.15) is 36.2 Å². The number of carbonyl (C=O) groups excluding carboxylic acids is 1. The van der Waals surface area contributed by atoms with E-state index in [1.165, 1.54) is 6.92 Å². The highest BCUT2D eigenvalue weighted by Crippen LogP contribution is 2.22. The largest absolute Gasteiger partial charge is 0.391 e. The number of nitrogens with one attached hydrogen (secondary N) is 2.